The number of fused-ring (bicyclic) bond motifs is 2. The van der Waals surface area contributed by atoms with Crippen molar-refractivity contribution in [2.75, 3.05) is 17.7 Å². The molecule has 0 fully saturated rings. The monoisotopic (exact) mass is 406 g/mol. The lowest BCUT2D eigenvalue weighted by molar-refractivity contribution is -0.145. The van der Waals surface area contributed by atoms with Crippen molar-refractivity contribution in [2.45, 2.75) is 37.4 Å². The molecule has 2 aromatic heterocycles. The summed E-state index contributed by atoms with van der Waals surface area (Å²) in [6, 6.07) is 1.39. The van der Waals surface area contributed by atoms with Crippen molar-refractivity contribution in [2.24, 2.45) is 5.92 Å². The molecule has 2 atom stereocenters. The molecule has 0 spiro atoms. The molecule has 3 heterocycles. The van der Waals surface area contributed by atoms with Gasteiger partial charge in [-0.1, -0.05) is 11.8 Å². The Morgan fingerprint density at radius 1 is 1.44 bits per heavy atom. The van der Waals surface area contributed by atoms with E-state index in [1.54, 1.807) is 6.92 Å². The predicted octanol–water partition coefficient (Wildman–Crippen LogP) is 1.65. The van der Waals surface area contributed by atoms with Crippen molar-refractivity contribution in [3.05, 3.63) is 33.2 Å². The summed E-state index contributed by atoms with van der Waals surface area (Å²) in [6.07, 6.45) is 2.95. The van der Waals surface area contributed by atoms with E-state index in [9.17, 15) is 14.4 Å². The van der Waals surface area contributed by atoms with Gasteiger partial charge < -0.3 is 10.1 Å². The lowest BCUT2D eigenvalue weighted by Gasteiger charge is -2.23. The number of amides is 1. The molecule has 10 heteroatoms. The minimum atomic E-state index is -0.344. The molecule has 142 valence electrons. The first-order chi connectivity index (χ1) is 13.1. The zero-order chi connectivity index (χ0) is 19.0. The van der Waals surface area contributed by atoms with Crippen molar-refractivity contribution in [3.63, 3.8) is 0 Å². The SMILES string of the molecule is CCOC(=O)C1CCc2sc(NC(=O)C3CSc4nccc(=O)n4C3)nc21. The van der Waals surface area contributed by atoms with E-state index in [4.69, 9.17) is 4.74 Å². The predicted molar refractivity (Wildman–Crippen MR) is 101 cm³/mol. The van der Waals surface area contributed by atoms with E-state index in [0.29, 0.717) is 35.6 Å². The van der Waals surface area contributed by atoms with Crippen LogP contribution in [0.15, 0.2) is 22.2 Å². The average molecular weight is 406 g/mol. The van der Waals surface area contributed by atoms with Gasteiger partial charge in [-0.3, -0.25) is 19.0 Å². The highest BCUT2D eigenvalue weighted by molar-refractivity contribution is 7.99. The summed E-state index contributed by atoms with van der Waals surface area (Å²) >= 11 is 2.80. The van der Waals surface area contributed by atoms with Crippen LogP contribution in [0.5, 0.6) is 0 Å². The fourth-order valence-electron chi connectivity index (χ4n) is 3.27. The first kappa shape index (κ1) is 18.2. The van der Waals surface area contributed by atoms with E-state index in [1.807, 2.05) is 0 Å². The molecule has 0 saturated carbocycles. The van der Waals surface area contributed by atoms with E-state index in [-0.39, 0.29) is 29.3 Å². The maximum absolute atomic E-state index is 12.6. The van der Waals surface area contributed by atoms with Gasteiger partial charge >= 0.3 is 5.97 Å². The Hall–Kier alpha value is -2.20. The summed E-state index contributed by atoms with van der Waals surface area (Å²) in [5.74, 6) is -0.568. The number of hydrogen-bond acceptors (Lipinski definition) is 8. The molecule has 1 aliphatic carbocycles. The molecule has 0 radical (unpaired) electrons. The van der Waals surface area contributed by atoms with Crippen molar-refractivity contribution in [1.29, 1.82) is 0 Å². The summed E-state index contributed by atoms with van der Waals surface area (Å²) in [4.78, 5) is 46.3. The summed E-state index contributed by atoms with van der Waals surface area (Å²) in [7, 11) is 0. The Labute approximate surface area is 163 Å². The second-order valence-electron chi connectivity index (χ2n) is 6.34. The maximum Gasteiger partial charge on any atom is 0.315 e. The van der Waals surface area contributed by atoms with Crippen LogP contribution in [0.4, 0.5) is 5.13 Å². The van der Waals surface area contributed by atoms with E-state index in [1.165, 1.54) is 39.9 Å². The quantitative estimate of drug-likeness (QED) is 0.608. The Balaban J connectivity index is 1.46. The van der Waals surface area contributed by atoms with Gasteiger partial charge in [0.2, 0.25) is 5.91 Å². The number of carbonyl (C=O) groups excluding carboxylic acids is 2. The fraction of sp³-hybridized carbons (Fsp3) is 0.471. The van der Waals surface area contributed by atoms with Crippen LogP contribution in [0.2, 0.25) is 0 Å². The van der Waals surface area contributed by atoms with Crippen LogP contribution >= 0.6 is 23.1 Å². The molecular weight excluding hydrogens is 388 g/mol. The number of aromatic nitrogens is 3. The van der Waals surface area contributed by atoms with Crippen LogP contribution in [0.25, 0.3) is 0 Å². The van der Waals surface area contributed by atoms with Crippen LogP contribution in [0, 0.1) is 5.92 Å². The van der Waals surface area contributed by atoms with Crippen LogP contribution in [-0.4, -0.2) is 38.8 Å². The number of hydrogen-bond donors (Lipinski definition) is 1. The van der Waals surface area contributed by atoms with Crippen LogP contribution in [0.1, 0.15) is 29.8 Å². The highest BCUT2D eigenvalue weighted by Gasteiger charge is 2.34. The van der Waals surface area contributed by atoms with Gasteiger partial charge in [-0.15, -0.1) is 11.3 Å². The number of carbonyl (C=O) groups is 2. The number of esters is 1. The van der Waals surface area contributed by atoms with Crippen LogP contribution in [-0.2, 0) is 27.3 Å². The van der Waals surface area contributed by atoms with Gasteiger partial charge in [-0.05, 0) is 19.8 Å². The second-order valence-corrected chi connectivity index (χ2v) is 8.41. The molecule has 0 saturated heterocycles. The van der Waals surface area contributed by atoms with E-state index >= 15 is 0 Å². The first-order valence-electron chi connectivity index (χ1n) is 8.72. The summed E-state index contributed by atoms with van der Waals surface area (Å²) < 4.78 is 6.63. The number of rotatable bonds is 4. The number of nitrogens with zero attached hydrogens (tertiary/aromatic N) is 3. The molecule has 2 unspecified atom stereocenters. The molecular formula is C17H18N4O4S2. The van der Waals surface area contributed by atoms with Crippen molar-refractivity contribution < 1.29 is 14.3 Å². The highest BCUT2D eigenvalue weighted by atomic mass is 32.2. The topological polar surface area (TPSA) is 103 Å². The standard InChI is InChI=1S/C17H18N4O4S2/c1-2-25-15(24)10-3-4-11-13(10)19-16(27-11)20-14(23)9-7-21-12(22)5-6-18-17(21)26-8-9/h5-6,9-10H,2-4,7-8H2,1H3,(H,19,20,23). The van der Waals surface area contributed by atoms with Crippen LogP contribution < -0.4 is 10.9 Å². The molecule has 1 aliphatic heterocycles. The number of thiazole rings is 1. The van der Waals surface area contributed by atoms with Crippen molar-refractivity contribution in [1.82, 2.24) is 14.5 Å². The van der Waals surface area contributed by atoms with E-state index in [2.05, 4.69) is 15.3 Å². The molecule has 27 heavy (non-hydrogen) atoms. The number of thioether (sulfide) groups is 1. The number of nitrogens with one attached hydrogen (secondary N) is 1. The minimum absolute atomic E-state index is 0.157. The Kier molecular flexibility index (Phi) is 5.00. The first-order valence-corrected chi connectivity index (χ1v) is 10.5. The lowest BCUT2D eigenvalue weighted by Crippen LogP contribution is -2.36. The Bertz CT molecular complexity index is 955. The third-order valence-electron chi connectivity index (χ3n) is 4.61. The van der Waals surface area contributed by atoms with Gasteiger partial charge in [0.1, 0.15) is 5.92 Å². The largest absolute Gasteiger partial charge is 0.465 e. The summed E-state index contributed by atoms with van der Waals surface area (Å²) in [5.41, 5.74) is 0.563. The normalized spacial score (nSPS) is 20.6. The Morgan fingerprint density at radius 3 is 3.11 bits per heavy atom. The van der Waals surface area contributed by atoms with Gasteiger partial charge in [0.25, 0.3) is 5.56 Å². The molecule has 1 N–H and O–H groups in total. The molecule has 4 rings (SSSR count). The van der Waals surface area contributed by atoms with Crippen molar-refractivity contribution in [3.8, 4) is 0 Å². The van der Waals surface area contributed by atoms with E-state index < -0.39 is 0 Å². The lowest BCUT2D eigenvalue weighted by atomic mass is 10.1. The summed E-state index contributed by atoms with van der Waals surface area (Å²) in [5, 5.41) is 3.98. The minimum Gasteiger partial charge on any atom is -0.465 e. The van der Waals surface area contributed by atoms with Gasteiger partial charge in [0, 0.05) is 29.4 Å². The second kappa shape index (κ2) is 7.43. The number of anilines is 1. The summed E-state index contributed by atoms with van der Waals surface area (Å²) in [6.45, 7) is 2.42. The average Bonchev–Trinajstić information content (AvgIpc) is 3.22. The van der Waals surface area contributed by atoms with Gasteiger partial charge in [0.15, 0.2) is 10.3 Å². The molecule has 0 aromatic carbocycles. The van der Waals surface area contributed by atoms with Crippen molar-refractivity contribution >= 4 is 40.1 Å². The Morgan fingerprint density at radius 2 is 2.30 bits per heavy atom. The van der Waals surface area contributed by atoms with Crippen LogP contribution in [0.3, 0.4) is 0 Å². The van der Waals surface area contributed by atoms with Gasteiger partial charge in [-0.2, -0.15) is 0 Å². The molecule has 1 amide bonds. The molecule has 8 nitrogen and oxygen atoms in total. The third-order valence-corrected chi connectivity index (χ3v) is 6.80. The van der Waals surface area contributed by atoms with Gasteiger partial charge in [0.05, 0.1) is 18.2 Å². The zero-order valence-corrected chi connectivity index (χ0v) is 16.3. The smallest absolute Gasteiger partial charge is 0.315 e. The van der Waals surface area contributed by atoms with E-state index in [0.717, 1.165) is 17.0 Å². The maximum atomic E-state index is 12.6. The number of aryl methyl sites for hydroxylation is 1. The number of ether oxygens (including phenoxy) is 1. The molecule has 2 aromatic rings. The zero-order valence-electron chi connectivity index (χ0n) is 14.6. The molecule has 2 aliphatic rings. The third kappa shape index (κ3) is 3.51. The fourth-order valence-corrected chi connectivity index (χ4v) is 5.37. The van der Waals surface area contributed by atoms with Gasteiger partial charge in [-0.25, -0.2) is 9.97 Å². The molecule has 0 bridgehead atoms. The highest BCUT2D eigenvalue weighted by Crippen LogP contribution is 2.39.